The number of aryl methyl sites for hydroxylation is 1. The van der Waals surface area contributed by atoms with Gasteiger partial charge in [0, 0.05) is 5.56 Å². The maximum atomic E-state index is 12.0. The van der Waals surface area contributed by atoms with Gasteiger partial charge in [-0.1, -0.05) is 31.2 Å². The Balaban J connectivity index is 1.96. The molecule has 0 bridgehead atoms. The molecule has 0 heterocycles. The van der Waals surface area contributed by atoms with E-state index in [1.807, 2.05) is 31.2 Å². The third kappa shape index (κ3) is 4.57. The van der Waals surface area contributed by atoms with Crippen LogP contribution in [0.25, 0.3) is 0 Å². The molecule has 0 aromatic heterocycles. The summed E-state index contributed by atoms with van der Waals surface area (Å²) in [6.07, 6.45) is 0.859. The first-order valence-electron chi connectivity index (χ1n) is 7.44. The lowest BCUT2D eigenvalue weighted by atomic mass is 10.1. The molecule has 0 saturated heterocycles. The van der Waals surface area contributed by atoms with Crippen molar-refractivity contribution in [2.75, 3.05) is 19.0 Å². The van der Waals surface area contributed by atoms with Gasteiger partial charge in [0.05, 0.1) is 19.3 Å². The van der Waals surface area contributed by atoms with Crippen molar-refractivity contribution in [2.24, 2.45) is 0 Å². The van der Waals surface area contributed by atoms with E-state index in [-0.39, 0.29) is 18.4 Å². The van der Waals surface area contributed by atoms with Gasteiger partial charge in [0.25, 0.3) is 5.91 Å². The Labute approximate surface area is 135 Å². The van der Waals surface area contributed by atoms with Crippen LogP contribution >= 0.6 is 0 Å². The Bertz CT molecular complexity index is 684. The minimum absolute atomic E-state index is 0.104. The first-order chi connectivity index (χ1) is 11.1. The van der Waals surface area contributed by atoms with E-state index in [0.717, 1.165) is 12.0 Å². The molecule has 2 aromatic rings. The molecule has 0 fully saturated rings. The Morgan fingerprint density at radius 2 is 1.83 bits per heavy atom. The highest BCUT2D eigenvalue weighted by atomic mass is 16.5. The van der Waals surface area contributed by atoms with Gasteiger partial charge in [-0.3, -0.25) is 9.59 Å². The third-order valence-electron chi connectivity index (χ3n) is 3.39. The van der Waals surface area contributed by atoms with Crippen LogP contribution in [0, 0.1) is 0 Å². The summed E-state index contributed by atoms with van der Waals surface area (Å²) >= 11 is 0. The number of ether oxygens (including phenoxy) is 1. The quantitative estimate of drug-likeness (QED) is 0.861. The number of hydrogen-bond acceptors (Lipinski definition) is 3. The molecule has 0 atom stereocenters. The summed E-state index contributed by atoms with van der Waals surface area (Å²) in [5, 5.41) is 5.36. The number of anilines is 1. The van der Waals surface area contributed by atoms with Gasteiger partial charge in [0.2, 0.25) is 5.91 Å². The minimum atomic E-state index is -0.305. The monoisotopic (exact) mass is 312 g/mol. The Hall–Kier alpha value is -2.82. The number of hydrogen-bond donors (Lipinski definition) is 2. The summed E-state index contributed by atoms with van der Waals surface area (Å²) < 4.78 is 5.24. The van der Waals surface area contributed by atoms with Gasteiger partial charge >= 0.3 is 0 Å². The van der Waals surface area contributed by atoms with E-state index in [0.29, 0.717) is 17.0 Å². The molecule has 0 radical (unpaired) electrons. The Kier molecular flexibility index (Phi) is 5.74. The molecule has 120 valence electrons. The first kappa shape index (κ1) is 16.5. The Morgan fingerprint density at radius 3 is 2.48 bits per heavy atom. The molecule has 2 aromatic carbocycles. The molecule has 0 saturated carbocycles. The highest BCUT2D eigenvalue weighted by Crippen LogP contribution is 2.25. The van der Waals surface area contributed by atoms with Crippen molar-refractivity contribution in [1.82, 2.24) is 5.32 Å². The van der Waals surface area contributed by atoms with Crippen molar-refractivity contribution in [3.63, 3.8) is 0 Å². The predicted molar refractivity (Wildman–Crippen MR) is 89.8 cm³/mol. The zero-order chi connectivity index (χ0) is 16.7. The Morgan fingerprint density at radius 1 is 1.09 bits per heavy atom. The van der Waals surface area contributed by atoms with Gasteiger partial charge < -0.3 is 15.4 Å². The zero-order valence-corrected chi connectivity index (χ0v) is 13.3. The van der Waals surface area contributed by atoms with Crippen LogP contribution < -0.4 is 15.4 Å². The first-order valence-corrected chi connectivity index (χ1v) is 7.44. The number of carbonyl (C=O) groups is 2. The van der Waals surface area contributed by atoms with Crippen molar-refractivity contribution < 1.29 is 14.3 Å². The molecule has 0 aliphatic carbocycles. The molecular formula is C18H20N2O3. The maximum Gasteiger partial charge on any atom is 0.251 e. The van der Waals surface area contributed by atoms with Crippen molar-refractivity contribution >= 4 is 17.5 Å². The van der Waals surface area contributed by atoms with Crippen LogP contribution in [0.5, 0.6) is 5.75 Å². The molecule has 5 heteroatoms. The molecule has 2 N–H and O–H groups in total. The van der Waals surface area contributed by atoms with E-state index in [1.165, 1.54) is 0 Å². The second kappa shape index (κ2) is 7.98. The van der Waals surface area contributed by atoms with Crippen LogP contribution in [0.2, 0.25) is 0 Å². The van der Waals surface area contributed by atoms with Gasteiger partial charge in [-0.05, 0) is 36.2 Å². The fourth-order valence-corrected chi connectivity index (χ4v) is 2.12. The maximum absolute atomic E-state index is 12.0. The number of methoxy groups -OCH3 is 1. The SMILES string of the molecule is CCc1ccc(OC)c(NC(=O)CNC(=O)c2ccccc2)c1. The second-order valence-electron chi connectivity index (χ2n) is 4.99. The number of rotatable bonds is 6. The van der Waals surface area contributed by atoms with Crippen LogP contribution in [0.4, 0.5) is 5.69 Å². The summed E-state index contributed by atoms with van der Waals surface area (Å²) in [6.45, 7) is 1.93. The summed E-state index contributed by atoms with van der Waals surface area (Å²) in [7, 11) is 1.55. The van der Waals surface area contributed by atoms with E-state index in [2.05, 4.69) is 10.6 Å². The van der Waals surface area contributed by atoms with Crippen LogP contribution in [0.15, 0.2) is 48.5 Å². The van der Waals surface area contributed by atoms with E-state index in [4.69, 9.17) is 4.74 Å². The molecular weight excluding hydrogens is 292 g/mol. The van der Waals surface area contributed by atoms with Crippen LogP contribution in [-0.2, 0) is 11.2 Å². The van der Waals surface area contributed by atoms with Crippen molar-refractivity contribution in [2.45, 2.75) is 13.3 Å². The number of nitrogens with one attached hydrogen (secondary N) is 2. The molecule has 23 heavy (non-hydrogen) atoms. The largest absolute Gasteiger partial charge is 0.495 e. The van der Waals surface area contributed by atoms with Gasteiger partial charge in [-0.25, -0.2) is 0 Å². The lowest BCUT2D eigenvalue weighted by Crippen LogP contribution is -2.32. The minimum Gasteiger partial charge on any atom is -0.495 e. The summed E-state index contributed by atoms with van der Waals surface area (Å²) in [6, 6.07) is 14.4. The number of benzene rings is 2. The molecule has 2 amide bonds. The van der Waals surface area contributed by atoms with E-state index >= 15 is 0 Å². The standard InChI is InChI=1S/C18H20N2O3/c1-3-13-9-10-16(23-2)15(11-13)20-17(21)12-19-18(22)14-7-5-4-6-8-14/h4-11H,3,12H2,1-2H3,(H,19,22)(H,20,21). The van der Waals surface area contributed by atoms with Gasteiger partial charge in [0.15, 0.2) is 0 Å². The fourth-order valence-electron chi connectivity index (χ4n) is 2.12. The van der Waals surface area contributed by atoms with E-state index in [9.17, 15) is 9.59 Å². The molecule has 0 aliphatic rings. The van der Waals surface area contributed by atoms with Crippen molar-refractivity contribution in [1.29, 1.82) is 0 Å². The van der Waals surface area contributed by atoms with Crippen LogP contribution in [-0.4, -0.2) is 25.5 Å². The molecule has 5 nitrogen and oxygen atoms in total. The van der Waals surface area contributed by atoms with Crippen LogP contribution in [0.3, 0.4) is 0 Å². The van der Waals surface area contributed by atoms with Crippen molar-refractivity contribution in [3.05, 3.63) is 59.7 Å². The summed E-state index contributed by atoms with van der Waals surface area (Å²) in [4.78, 5) is 23.9. The average Bonchev–Trinajstić information content (AvgIpc) is 2.60. The van der Waals surface area contributed by atoms with Crippen molar-refractivity contribution in [3.8, 4) is 5.75 Å². The second-order valence-corrected chi connectivity index (χ2v) is 4.99. The molecule has 0 spiro atoms. The highest BCUT2D eigenvalue weighted by Gasteiger charge is 2.10. The third-order valence-corrected chi connectivity index (χ3v) is 3.39. The lowest BCUT2D eigenvalue weighted by Gasteiger charge is -2.12. The van der Waals surface area contributed by atoms with Gasteiger partial charge in [0.1, 0.15) is 5.75 Å². The van der Waals surface area contributed by atoms with Crippen LogP contribution in [0.1, 0.15) is 22.8 Å². The van der Waals surface area contributed by atoms with Gasteiger partial charge in [-0.2, -0.15) is 0 Å². The van der Waals surface area contributed by atoms with Gasteiger partial charge in [-0.15, -0.1) is 0 Å². The summed E-state index contributed by atoms with van der Waals surface area (Å²) in [5.74, 6) is 0.000735. The smallest absolute Gasteiger partial charge is 0.251 e. The average molecular weight is 312 g/mol. The number of carbonyl (C=O) groups excluding carboxylic acids is 2. The normalized spacial score (nSPS) is 10.0. The molecule has 2 rings (SSSR count). The molecule has 0 aliphatic heterocycles. The van der Waals surface area contributed by atoms with E-state index < -0.39 is 0 Å². The topological polar surface area (TPSA) is 67.4 Å². The fraction of sp³-hybridized carbons (Fsp3) is 0.222. The highest BCUT2D eigenvalue weighted by molar-refractivity contribution is 5.99. The predicted octanol–water partition coefficient (Wildman–Crippen LogP) is 2.63. The van der Waals surface area contributed by atoms with E-state index in [1.54, 1.807) is 31.4 Å². The lowest BCUT2D eigenvalue weighted by molar-refractivity contribution is -0.115. The molecule has 0 unspecified atom stereocenters. The zero-order valence-electron chi connectivity index (χ0n) is 13.3. The summed E-state index contributed by atoms with van der Waals surface area (Å²) in [5.41, 5.74) is 2.21. The number of amides is 2.